The second-order valence-corrected chi connectivity index (χ2v) is 5.95. The summed E-state index contributed by atoms with van der Waals surface area (Å²) >= 11 is 0. The van der Waals surface area contributed by atoms with E-state index in [0.29, 0.717) is 37.7 Å². The van der Waals surface area contributed by atoms with Gasteiger partial charge in [-0.3, -0.25) is 14.8 Å². The minimum atomic E-state index is -0.593. The standard InChI is InChI=1S/C16H20N2O5.H2S/c1-10-8-23-14-6-11(15(19)17-21)2-3-12(14)7-18(10)16(20)13-4-5-22-9-13;/h2-3,6,10,13,21H,4-5,7-9H2,1H3,(H,17,19);1H2/t10-,13-;/m0./s1. The van der Waals surface area contributed by atoms with Gasteiger partial charge >= 0.3 is 0 Å². The van der Waals surface area contributed by atoms with Crippen molar-refractivity contribution < 1.29 is 24.3 Å². The van der Waals surface area contributed by atoms with Crippen molar-refractivity contribution >= 4 is 25.3 Å². The molecule has 1 fully saturated rings. The molecule has 0 aliphatic carbocycles. The number of carbonyl (C=O) groups is 2. The molecule has 2 aliphatic rings. The first kappa shape index (κ1) is 18.6. The summed E-state index contributed by atoms with van der Waals surface area (Å²) in [6, 6.07) is 4.87. The van der Waals surface area contributed by atoms with Crippen LogP contribution in [0.1, 0.15) is 29.3 Å². The van der Waals surface area contributed by atoms with Crippen LogP contribution < -0.4 is 10.2 Å². The van der Waals surface area contributed by atoms with E-state index < -0.39 is 5.91 Å². The summed E-state index contributed by atoms with van der Waals surface area (Å²) in [5.74, 6) is -0.0253. The molecule has 1 aromatic rings. The monoisotopic (exact) mass is 354 g/mol. The first-order valence-corrected chi connectivity index (χ1v) is 7.68. The topological polar surface area (TPSA) is 88.1 Å². The molecule has 1 aromatic carbocycles. The van der Waals surface area contributed by atoms with Gasteiger partial charge in [0.1, 0.15) is 12.4 Å². The van der Waals surface area contributed by atoms with Gasteiger partial charge in [-0.1, -0.05) is 6.07 Å². The molecular weight excluding hydrogens is 332 g/mol. The van der Waals surface area contributed by atoms with Gasteiger partial charge in [-0.05, 0) is 25.5 Å². The summed E-state index contributed by atoms with van der Waals surface area (Å²) < 4.78 is 11.1. The van der Waals surface area contributed by atoms with E-state index >= 15 is 0 Å². The Morgan fingerprint density at radius 2 is 2.12 bits per heavy atom. The average molecular weight is 354 g/mol. The zero-order valence-corrected chi connectivity index (χ0v) is 14.4. The average Bonchev–Trinajstić information content (AvgIpc) is 3.05. The number of benzene rings is 1. The quantitative estimate of drug-likeness (QED) is 0.613. The Labute approximate surface area is 147 Å². The van der Waals surface area contributed by atoms with Crippen LogP contribution >= 0.6 is 13.5 Å². The summed E-state index contributed by atoms with van der Waals surface area (Å²) in [6.07, 6.45) is 0.755. The Hall–Kier alpha value is -1.77. The van der Waals surface area contributed by atoms with Crippen molar-refractivity contribution in [1.82, 2.24) is 10.4 Å². The van der Waals surface area contributed by atoms with Crippen LogP contribution in [0.25, 0.3) is 0 Å². The lowest BCUT2D eigenvalue weighted by atomic mass is 10.0. The zero-order valence-electron chi connectivity index (χ0n) is 13.4. The SMILES string of the molecule is C[C@H]1COc2cc(C(=O)NO)ccc2CN1C(=O)[C@H]1CCOC1.S. The number of nitrogens with one attached hydrogen (secondary N) is 1. The largest absolute Gasteiger partial charge is 0.491 e. The summed E-state index contributed by atoms with van der Waals surface area (Å²) in [5.41, 5.74) is 2.76. The first-order chi connectivity index (χ1) is 11.1. The van der Waals surface area contributed by atoms with Crippen LogP contribution in [-0.4, -0.2) is 47.8 Å². The molecule has 8 heteroatoms. The number of hydrogen-bond donors (Lipinski definition) is 2. The lowest BCUT2D eigenvalue weighted by molar-refractivity contribution is -0.138. The number of carbonyl (C=O) groups excluding carboxylic acids is 2. The Morgan fingerprint density at radius 1 is 1.33 bits per heavy atom. The fourth-order valence-electron chi connectivity index (χ4n) is 2.92. The maximum Gasteiger partial charge on any atom is 0.274 e. The molecule has 0 aromatic heterocycles. The van der Waals surface area contributed by atoms with Crippen LogP contribution in [0, 0.1) is 5.92 Å². The number of rotatable bonds is 2. The molecule has 2 N–H and O–H groups in total. The third-order valence-electron chi connectivity index (χ3n) is 4.35. The second-order valence-electron chi connectivity index (χ2n) is 5.95. The van der Waals surface area contributed by atoms with Crippen molar-refractivity contribution in [3.63, 3.8) is 0 Å². The Morgan fingerprint density at radius 3 is 2.79 bits per heavy atom. The molecule has 2 heterocycles. The molecule has 3 rings (SSSR count). The lowest BCUT2D eigenvalue weighted by Crippen LogP contribution is -2.43. The Kier molecular flexibility index (Phi) is 6.09. The maximum absolute atomic E-state index is 12.7. The van der Waals surface area contributed by atoms with E-state index in [-0.39, 0.29) is 31.4 Å². The Balaban J connectivity index is 0.00000208. The van der Waals surface area contributed by atoms with Gasteiger partial charge in [0.2, 0.25) is 5.91 Å². The van der Waals surface area contributed by atoms with E-state index in [2.05, 4.69) is 0 Å². The van der Waals surface area contributed by atoms with Gasteiger partial charge in [0, 0.05) is 24.3 Å². The molecule has 0 bridgehead atoms. The van der Waals surface area contributed by atoms with Crippen molar-refractivity contribution in [3.8, 4) is 5.75 Å². The molecule has 1 saturated heterocycles. The third-order valence-corrected chi connectivity index (χ3v) is 4.35. The van der Waals surface area contributed by atoms with Crippen LogP contribution in [0.5, 0.6) is 5.75 Å². The van der Waals surface area contributed by atoms with E-state index in [9.17, 15) is 9.59 Å². The normalized spacial score (nSPS) is 22.7. The fourth-order valence-corrected chi connectivity index (χ4v) is 2.92. The molecule has 2 aliphatic heterocycles. The minimum Gasteiger partial charge on any atom is -0.491 e. The number of hydrogen-bond acceptors (Lipinski definition) is 5. The highest BCUT2D eigenvalue weighted by atomic mass is 32.1. The van der Waals surface area contributed by atoms with Crippen molar-refractivity contribution in [2.45, 2.75) is 25.9 Å². The molecule has 0 radical (unpaired) electrons. The van der Waals surface area contributed by atoms with Gasteiger partial charge < -0.3 is 14.4 Å². The van der Waals surface area contributed by atoms with Gasteiger partial charge in [-0.25, -0.2) is 5.48 Å². The first-order valence-electron chi connectivity index (χ1n) is 7.68. The molecule has 24 heavy (non-hydrogen) atoms. The van der Waals surface area contributed by atoms with Crippen molar-refractivity contribution in [1.29, 1.82) is 0 Å². The van der Waals surface area contributed by atoms with Crippen LogP contribution in [0.2, 0.25) is 0 Å². The van der Waals surface area contributed by atoms with E-state index in [4.69, 9.17) is 14.7 Å². The Bertz CT molecular complexity index is 618. The summed E-state index contributed by atoms with van der Waals surface area (Å²) in [7, 11) is 0. The van der Waals surface area contributed by atoms with Crippen LogP contribution in [-0.2, 0) is 16.1 Å². The fraction of sp³-hybridized carbons (Fsp3) is 0.500. The van der Waals surface area contributed by atoms with Gasteiger partial charge in [0.25, 0.3) is 5.91 Å². The maximum atomic E-state index is 12.7. The number of hydroxylamine groups is 1. The second kappa shape index (κ2) is 7.87. The van der Waals surface area contributed by atoms with E-state index in [1.165, 1.54) is 0 Å². The summed E-state index contributed by atoms with van der Waals surface area (Å²) in [4.78, 5) is 26.0. The molecule has 132 valence electrons. The third kappa shape index (κ3) is 3.66. The number of amides is 2. The molecule has 2 amide bonds. The smallest absolute Gasteiger partial charge is 0.274 e. The van der Waals surface area contributed by atoms with Gasteiger partial charge in [0.05, 0.1) is 18.6 Å². The van der Waals surface area contributed by atoms with E-state index in [0.717, 1.165) is 12.0 Å². The highest BCUT2D eigenvalue weighted by Crippen LogP contribution is 2.28. The molecule has 0 saturated carbocycles. The summed E-state index contributed by atoms with van der Waals surface area (Å²) in [5, 5.41) is 8.72. The predicted molar refractivity (Wildman–Crippen MR) is 90.5 cm³/mol. The molecule has 0 spiro atoms. The number of ether oxygens (including phenoxy) is 2. The van der Waals surface area contributed by atoms with Crippen LogP contribution in [0.3, 0.4) is 0 Å². The van der Waals surface area contributed by atoms with Crippen LogP contribution in [0.4, 0.5) is 0 Å². The number of nitrogens with zero attached hydrogens (tertiary/aromatic N) is 1. The predicted octanol–water partition coefficient (Wildman–Crippen LogP) is 1.06. The molecule has 2 atom stereocenters. The minimum absolute atomic E-state index is 0. The van der Waals surface area contributed by atoms with Crippen molar-refractivity contribution in [2.24, 2.45) is 5.92 Å². The molecule has 0 unspecified atom stereocenters. The van der Waals surface area contributed by atoms with Crippen molar-refractivity contribution in [2.75, 3.05) is 19.8 Å². The molecule has 7 nitrogen and oxygen atoms in total. The van der Waals surface area contributed by atoms with E-state index in [1.807, 2.05) is 11.8 Å². The molecular formula is C16H22N2O5S. The lowest BCUT2D eigenvalue weighted by Gasteiger charge is -2.28. The van der Waals surface area contributed by atoms with Gasteiger partial charge in [-0.15, -0.1) is 0 Å². The summed E-state index contributed by atoms with van der Waals surface area (Å²) in [6.45, 7) is 3.85. The number of fused-ring (bicyclic) bond motifs is 1. The zero-order chi connectivity index (χ0) is 16.4. The highest BCUT2D eigenvalue weighted by Gasteiger charge is 2.32. The van der Waals surface area contributed by atoms with Crippen molar-refractivity contribution in [3.05, 3.63) is 29.3 Å². The van der Waals surface area contributed by atoms with Gasteiger partial charge in [0.15, 0.2) is 0 Å². The van der Waals surface area contributed by atoms with Crippen LogP contribution in [0.15, 0.2) is 18.2 Å². The van der Waals surface area contributed by atoms with Gasteiger partial charge in [-0.2, -0.15) is 13.5 Å². The highest BCUT2D eigenvalue weighted by molar-refractivity contribution is 7.59. The van der Waals surface area contributed by atoms with E-state index in [1.54, 1.807) is 23.7 Å².